The molecule has 2 saturated carbocycles. The van der Waals surface area contributed by atoms with Gasteiger partial charge in [-0.3, -0.25) is 10.6 Å². The van der Waals surface area contributed by atoms with Gasteiger partial charge in [-0.15, -0.1) is 9.24 Å². The van der Waals surface area contributed by atoms with E-state index in [2.05, 4.69) is 19.6 Å². The maximum atomic E-state index is 14.0. The van der Waals surface area contributed by atoms with Crippen LogP contribution in [0.2, 0.25) is 0 Å². The SMILES string of the molecule is Cc1c(N2CCC3(CC3)C2)c(P)c2c(c1NN)c(=O)c(C)cn2C1CC1F. The number of aromatic nitrogens is 1. The number of aryl methyl sites for hydroxylation is 1. The molecule has 3 fully saturated rings. The molecule has 2 aromatic rings. The Hall–Kier alpha value is -1.65. The van der Waals surface area contributed by atoms with Gasteiger partial charge in [-0.25, -0.2) is 4.39 Å². The standard InChI is InChI=1S/C20H26FN4OP/c1-10-8-25(13-7-12(13)21)17-14(18(10)26)15(23-22)11(2)16(19(17)27)24-6-5-20(9-24)3-4-20/h8,12-13,23H,3-7,9,22,27H2,1-2H3. The lowest BCUT2D eigenvalue weighted by Crippen LogP contribution is -2.29. The van der Waals surface area contributed by atoms with Crippen LogP contribution in [0.1, 0.15) is 42.9 Å². The fraction of sp³-hybridized carbons (Fsp3) is 0.550. The number of nitrogens with zero attached hydrogens (tertiary/aromatic N) is 2. The van der Waals surface area contributed by atoms with Gasteiger partial charge in [0.1, 0.15) is 6.17 Å². The highest BCUT2D eigenvalue weighted by Crippen LogP contribution is 2.54. The fourth-order valence-electron chi connectivity index (χ4n) is 4.89. The first-order valence-electron chi connectivity index (χ1n) is 9.70. The lowest BCUT2D eigenvalue weighted by atomic mass is 10.0. The van der Waals surface area contributed by atoms with Gasteiger partial charge in [-0.1, -0.05) is 0 Å². The second kappa shape index (κ2) is 5.68. The van der Waals surface area contributed by atoms with Crippen molar-refractivity contribution >= 4 is 36.8 Å². The third kappa shape index (κ3) is 2.46. The van der Waals surface area contributed by atoms with Crippen molar-refractivity contribution in [3.05, 3.63) is 27.5 Å². The first-order valence-corrected chi connectivity index (χ1v) is 10.3. The summed E-state index contributed by atoms with van der Waals surface area (Å²) in [6, 6.07) is -0.194. The minimum absolute atomic E-state index is 0.0382. The molecule has 5 rings (SSSR count). The van der Waals surface area contributed by atoms with Gasteiger partial charge >= 0.3 is 0 Å². The number of anilines is 2. The maximum absolute atomic E-state index is 14.0. The van der Waals surface area contributed by atoms with Crippen molar-refractivity contribution in [3.8, 4) is 0 Å². The van der Waals surface area contributed by atoms with E-state index < -0.39 is 6.17 Å². The van der Waals surface area contributed by atoms with Gasteiger partial charge in [0.05, 0.1) is 28.3 Å². The monoisotopic (exact) mass is 388 g/mol. The molecule has 5 nitrogen and oxygen atoms in total. The summed E-state index contributed by atoms with van der Waals surface area (Å²) in [5, 5.41) is 1.55. The third-order valence-electron chi connectivity index (χ3n) is 6.80. The molecule has 0 amide bonds. The molecule has 3 N–H and O–H groups in total. The molecule has 0 bridgehead atoms. The topological polar surface area (TPSA) is 63.3 Å². The lowest BCUT2D eigenvalue weighted by molar-refractivity contribution is 0.444. The van der Waals surface area contributed by atoms with E-state index >= 15 is 0 Å². The average molecular weight is 388 g/mol. The van der Waals surface area contributed by atoms with Crippen molar-refractivity contribution in [2.24, 2.45) is 11.3 Å². The minimum atomic E-state index is -0.847. The zero-order chi connectivity index (χ0) is 19.1. The molecule has 27 heavy (non-hydrogen) atoms. The predicted molar refractivity (Wildman–Crippen MR) is 112 cm³/mol. The first kappa shape index (κ1) is 17.4. The number of halogens is 1. The molecule has 1 aliphatic heterocycles. The van der Waals surface area contributed by atoms with Crippen molar-refractivity contribution in [3.63, 3.8) is 0 Å². The number of nitrogen functional groups attached to an aromatic ring is 1. The van der Waals surface area contributed by atoms with E-state index in [-0.39, 0.29) is 11.5 Å². The van der Waals surface area contributed by atoms with Crippen LogP contribution in [-0.2, 0) is 0 Å². The van der Waals surface area contributed by atoms with Crippen molar-refractivity contribution in [1.29, 1.82) is 0 Å². The van der Waals surface area contributed by atoms with E-state index in [1.807, 2.05) is 17.7 Å². The smallest absolute Gasteiger partial charge is 0.194 e. The number of pyridine rings is 1. The Labute approximate surface area is 160 Å². The Morgan fingerprint density at radius 2 is 2.04 bits per heavy atom. The van der Waals surface area contributed by atoms with Crippen LogP contribution in [0.25, 0.3) is 10.9 Å². The number of hydrazine groups is 1. The van der Waals surface area contributed by atoms with Crippen molar-refractivity contribution in [2.45, 2.75) is 51.7 Å². The van der Waals surface area contributed by atoms with E-state index in [4.69, 9.17) is 5.84 Å². The molecule has 7 heteroatoms. The number of rotatable bonds is 3. The van der Waals surface area contributed by atoms with Gasteiger partial charge in [-0.2, -0.15) is 0 Å². The molecule has 1 spiro atoms. The second-order valence-electron chi connectivity index (χ2n) is 8.67. The summed E-state index contributed by atoms with van der Waals surface area (Å²) in [6.07, 6.45) is 5.30. The van der Waals surface area contributed by atoms with Crippen molar-refractivity contribution in [2.75, 3.05) is 23.4 Å². The molecule has 1 aromatic heterocycles. The molecule has 0 radical (unpaired) electrons. The predicted octanol–water partition coefficient (Wildman–Crippen LogP) is 2.68. The van der Waals surface area contributed by atoms with Gasteiger partial charge in [-0.05, 0) is 44.1 Å². The van der Waals surface area contributed by atoms with E-state index in [1.54, 1.807) is 6.92 Å². The largest absolute Gasteiger partial charge is 0.370 e. The Morgan fingerprint density at radius 3 is 2.59 bits per heavy atom. The van der Waals surface area contributed by atoms with Crippen LogP contribution in [0, 0.1) is 19.3 Å². The Morgan fingerprint density at radius 1 is 1.33 bits per heavy atom. The van der Waals surface area contributed by atoms with E-state index in [9.17, 15) is 9.18 Å². The summed E-state index contributed by atoms with van der Waals surface area (Å²) < 4.78 is 15.9. The number of hydrogen-bond donors (Lipinski definition) is 2. The van der Waals surface area contributed by atoms with Gasteiger partial charge in [0.15, 0.2) is 5.43 Å². The highest BCUT2D eigenvalue weighted by atomic mass is 31.0. The molecule has 3 aliphatic rings. The van der Waals surface area contributed by atoms with Gasteiger partial charge in [0.2, 0.25) is 0 Å². The summed E-state index contributed by atoms with van der Waals surface area (Å²) in [5.41, 5.74) is 7.44. The summed E-state index contributed by atoms with van der Waals surface area (Å²) in [4.78, 5) is 15.4. The Kier molecular flexibility index (Phi) is 3.67. The zero-order valence-corrected chi connectivity index (χ0v) is 17.0. The summed E-state index contributed by atoms with van der Waals surface area (Å²) >= 11 is 0. The van der Waals surface area contributed by atoms with Crippen LogP contribution >= 0.6 is 9.24 Å². The summed E-state index contributed by atoms with van der Waals surface area (Å²) in [6.45, 7) is 5.88. The summed E-state index contributed by atoms with van der Waals surface area (Å²) in [5.74, 6) is 5.89. The van der Waals surface area contributed by atoms with Crippen LogP contribution < -0.4 is 26.9 Å². The fourth-order valence-corrected chi connectivity index (χ4v) is 5.58. The molecule has 2 aliphatic carbocycles. The number of nitrogens with one attached hydrogen (secondary N) is 1. The molecule has 144 valence electrons. The zero-order valence-electron chi connectivity index (χ0n) is 15.8. The Balaban J connectivity index is 1.82. The Bertz CT molecular complexity index is 1030. The quantitative estimate of drug-likeness (QED) is 0.482. The van der Waals surface area contributed by atoms with Crippen LogP contribution in [0.5, 0.6) is 0 Å². The molecular weight excluding hydrogens is 362 g/mol. The van der Waals surface area contributed by atoms with Crippen LogP contribution in [-0.4, -0.2) is 23.8 Å². The number of hydrogen-bond acceptors (Lipinski definition) is 4. The highest BCUT2D eigenvalue weighted by molar-refractivity contribution is 7.29. The molecule has 3 unspecified atom stereocenters. The van der Waals surface area contributed by atoms with Gasteiger partial charge < -0.3 is 14.9 Å². The number of benzene rings is 1. The number of alkyl halides is 1. The molecular formula is C20H26FN4OP. The van der Waals surface area contributed by atoms with Crippen LogP contribution in [0.3, 0.4) is 0 Å². The highest BCUT2D eigenvalue weighted by Gasteiger charge is 2.48. The normalized spacial score (nSPS) is 25.4. The second-order valence-corrected chi connectivity index (χ2v) is 9.25. The van der Waals surface area contributed by atoms with E-state index in [1.165, 1.54) is 19.3 Å². The number of fused-ring (bicyclic) bond motifs is 1. The van der Waals surface area contributed by atoms with Gasteiger partial charge in [0.25, 0.3) is 0 Å². The first-order chi connectivity index (χ1) is 12.9. The minimum Gasteiger partial charge on any atom is -0.370 e. The van der Waals surface area contributed by atoms with Crippen molar-refractivity contribution < 1.29 is 4.39 Å². The summed E-state index contributed by atoms with van der Waals surface area (Å²) in [7, 11) is 2.84. The molecule has 1 aromatic carbocycles. The van der Waals surface area contributed by atoms with Crippen LogP contribution in [0.15, 0.2) is 11.0 Å². The van der Waals surface area contributed by atoms with E-state index in [0.29, 0.717) is 28.5 Å². The lowest BCUT2D eigenvalue weighted by Gasteiger charge is -2.28. The van der Waals surface area contributed by atoms with E-state index in [0.717, 1.165) is 35.2 Å². The maximum Gasteiger partial charge on any atom is 0.194 e. The third-order valence-corrected chi connectivity index (χ3v) is 7.34. The van der Waals surface area contributed by atoms with Gasteiger partial charge in [0, 0.05) is 36.6 Å². The average Bonchev–Trinajstić information content (AvgIpc) is 3.50. The molecule has 3 atom stereocenters. The van der Waals surface area contributed by atoms with Crippen LogP contribution in [0.4, 0.5) is 15.8 Å². The molecule has 2 heterocycles. The number of nitrogens with two attached hydrogens (primary N) is 1. The van der Waals surface area contributed by atoms with Crippen molar-refractivity contribution in [1.82, 2.24) is 4.57 Å². The molecule has 1 saturated heterocycles.